The molecule has 4 aliphatic carbocycles. The van der Waals surface area contributed by atoms with Crippen molar-refractivity contribution in [3.05, 3.63) is 0 Å². The highest BCUT2D eigenvalue weighted by Gasteiger charge is 2.72. The number of alkyl halides is 12. The molecule has 1 nitrogen and oxygen atoms in total. The van der Waals surface area contributed by atoms with Crippen LogP contribution < -0.4 is 0 Å². The molecule has 4 saturated carbocycles. The average molecular weight is 605 g/mol. The first-order valence-corrected chi connectivity index (χ1v) is 14.0. The minimum absolute atomic E-state index is 0.0626. The van der Waals surface area contributed by atoms with Crippen molar-refractivity contribution in [1.29, 1.82) is 0 Å². The normalized spacial score (nSPS) is 39.0. The van der Waals surface area contributed by atoms with E-state index in [1.807, 2.05) is 6.92 Å². The van der Waals surface area contributed by atoms with Gasteiger partial charge in [0.2, 0.25) is 0 Å². The molecule has 13 heteroatoms. The lowest BCUT2D eigenvalue weighted by atomic mass is 9.62. The van der Waals surface area contributed by atoms with Gasteiger partial charge in [-0.05, 0) is 111 Å². The van der Waals surface area contributed by atoms with Crippen molar-refractivity contribution in [3.8, 4) is 0 Å². The van der Waals surface area contributed by atoms with Crippen LogP contribution in [0.1, 0.15) is 72.1 Å². The van der Waals surface area contributed by atoms with Gasteiger partial charge in [0.1, 0.15) is 0 Å². The van der Waals surface area contributed by atoms with Crippen molar-refractivity contribution < 1.29 is 57.8 Å². The molecule has 0 spiro atoms. The predicted molar refractivity (Wildman–Crippen MR) is 120 cm³/mol. The van der Waals surface area contributed by atoms with Gasteiger partial charge in [0.25, 0.3) is 5.60 Å². The number of rotatable bonds is 7. The monoisotopic (exact) mass is 604 g/mol. The molecule has 0 radical (unpaired) electrons. The van der Waals surface area contributed by atoms with Crippen LogP contribution >= 0.6 is 0 Å². The third-order valence-corrected chi connectivity index (χ3v) is 11.7. The van der Waals surface area contributed by atoms with Crippen LogP contribution in [0.25, 0.3) is 0 Å². The average Bonchev–Trinajstić information content (AvgIpc) is 3.51. The first-order valence-electron chi connectivity index (χ1n) is 14.0. The Bertz CT molecular complexity index is 888. The Kier molecular flexibility index (Phi) is 7.87. The smallest absolute Gasteiger partial charge is 0.374 e. The summed E-state index contributed by atoms with van der Waals surface area (Å²) in [5.41, 5.74) is -8.64. The van der Waals surface area contributed by atoms with E-state index in [1.165, 1.54) is 0 Å². The van der Waals surface area contributed by atoms with Gasteiger partial charge in [-0.25, -0.2) is 0 Å². The second-order valence-electron chi connectivity index (χ2n) is 13.4. The van der Waals surface area contributed by atoms with Crippen molar-refractivity contribution in [3.63, 3.8) is 0 Å². The van der Waals surface area contributed by atoms with Crippen LogP contribution in [0.4, 0.5) is 52.7 Å². The van der Waals surface area contributed by atoms with Crippen molar-refractivity contribution in [2.45, 2.75) is 102 Å². The lowest BCUT2D eigenvalue weighted by Gasteiger charge is -2.44. The second-order valence-corrected chi connectivity index (χ2v) is 13.4. The number of aliphatic hydroxyl groups is 1. The summed E-state index contributed by atoms with van der Waals surface area (Å²) in [7, 11) is 0. The third-order valence-electron chi connectivity index (χ3n) is 11.7. The molecule has 0 heterocycles. The molecular formula is C27H36F12O. The van der Waals surface area contributed by atoms with Gasteiger partial charge in [-0.2, -0.15) is 52.7 Å². The largest absolute Gasteiger partial charge is 0.426 e. The molecule has 0 amide bonds. The maximum absolute atomic E-state index is 13.5. The van der Waals surface area contributed by atoms with E-state index in [0.29, 0.717) is 25.7 Å². The van der Waals surface area contributed by atoms with E-state index in [4.69, 9.17) is 0 Å². The van der Waals surface area contributed by atoms with Crippen LogP contribution in [-0.4, -0.2) is 35.4 Å². The van der Waals surface area contributed by atoms with Gasteiger partial charge in [0.05, 0.1) is 0 Å². The first-order chi connectivity index (χ1) is 18.0. The lowest BCUT2D eigenvalue weighted by molar-refractivity contribution is -0.373. The van der Waals surface area contributed by atoms with Crippen molar-refractivity contribution in [2.75, 3.05) is 0 Å². The summed E-state index contributed by atoms with van der Waals surface area (Å²) in [6, 6.07) is 0. The standard InChI is InChI=1S/C27H36F12O/c1-4-17-13-5-16(11-23(40,26(34,35)36)27(37,38)39)20(8-13)21(17)9-19-12(2)18-7-14(19)6-15(18)10-22(3,24(28,29)30)25(31,32)33/h12-21,40H,4-11H2,1-3H3. The third kappa shape index (κ3) is 4.93. The Hall–Kier alpha value is -0.880. The van der Waals surface area contributed by atoms with Gasteiger partial charge in [-0.3, -0.25) is 0 Å². The van der Waals surface area contributed by atoms with Crippen LogP contribution in [0, 0.1) is 64.6 Å². The molecule has 0 aromatic carbocycles. The molecule has 4 fully saturated rings. The van der Waals surface area contributed by atoms with Gasteiger partial charge in [0.15, 0.2) is 5.41 Å². The highest BCUT2D eigenvalue weighted by Crippen LogP contribution is 2.66. The number of fused-ring (bicyclic) bond motifs is 4. The summed E-state index contributed by atoms with van der Waals surface area (Å²) >= 11 is 0. The lowest BCUT2D eigenvalue weighted by Crippen LogP contribution is -2.58. The topological polar surface area (TPSA) is 20.2 Å². The first kappa shape index (κ1) is 32.0. The number of halogens is 12. The quantitative estimate of drug-likeness (QED) is 0.287. The van der Waals surface area contributed by atoms with E-state index in [2.05, 4.69) is 0 Å². The molecule has 0 aromatic rings. The molecule has 234 valence electrons. The Labute approximate surface area is 225 Å². The van der Waals surface area contributed by atoms with Crippen LogP contribution in [0.3, 0.4) is 0 Å². The van der Waals surface area contributed by atoms with E-state index in [0.717, 1.165) is 0 Å². The van der Waals surface area contributed by atoms with Crippen LogP contribution in [-0.2, 0) is 0 Å². The number of hydrogen-bond donors (Lipinski definition) is 1. The van der Waals surface area contributed by atoms with E-state index in [1.54, 1.807) is 6.92 Å². The maximum atomic E-state index is 13.5. The van der Waals surface area contributed by atoms with Gasteiger partial charge >= 0.3 is 24.7 Å². The van der Waals surface area contributed by atoms with Crippen LogP contribution in [0.5, 0.6) is 0 Å². The Morgan fingerprint density at radius 3 is 1.48 bits per heavy atom. The fourth-order valence-corrected chi connectivity index (χ4v) is 9.55. The zero-order valence-electron chi connectivity index (χ0n) is 22.4. The molecule has 0 aromatic heterocycles. The molecule has 0 aliphatic heterocycles. The van der Waals surface area contributed by atoms with E-state index >= 15 is 0 Å². The fourth-order valence-electron chi connectivity index (χ4n) is 9.55. The highest BCUT2D eigenvalue weighted by atomic mass is 19.4. The zero-order chi connectivity index (χ0) is 30.4. The summed E-state index contributed by atoms with van der Waals surface area (Å²) in [6.07, 6.45) is -22.8. The summed E-state index contributed by atoms with van der Waals surface area (Å²) in [5, 5.41) is 9.82. The van der Waals surface area contributed by atoms with Gasteiger partial charge in [0, 0.05) is 0 Å². The van der Waals surface area contributed by atoms with Gasteiger partial charge in [-0.15, -0.1) is 0 Å². The van der Waals surface area contributed by atoms with Crippen molar-refractivity contribution in [2.24, 2.45) is 64.6 Å². The SMILES string of the molecule is CCC1C2CC(CC(O)(C(F)(F)F)C(F)(F)F)C(C2)C1CC1C2CC(CC(C)(C(F)(F)F)C(F)(F)F)C(C2)C1C. The molecule has 4 bridgehead atoms. The Morgan fingerprint density at radius 1 is 0.600 bits per heavy atom. The molecule has 4 rings (SSSR count). The molecule has 10 atom stereocenters. The Morgan fingerprint density at radius 2 is 1.05 bits per heavy atom. The van der Waals surface area contributed by atoms with E-state index < -0.39 is 66.3 Å². The minimum atomic E-state index is -5.89. The summed E-state index contributed by atoms with van der Waals surface area (Å²) in [5.74, 6) is -3.14. The highest BCUT2D eigenvalue weighted by molar-refractivity contribution is 5.08. The molecule has 0 saturated heterocycles. The van der Waals surface area contributed by atoms with Crippen molar-refractivity contribution in [1.82, 2.24) is 0 Å². The predicted octanol–water partition coefficient (Wildman–Crippen LogP) is 9.35. The molecule has 10 unspecified atom stereocenters. The van der Waals surface area contributed by atoms with Gasteiger partial charge < -0.3 is 5.11 Å². The van der Waals surface area contributed by atoms with Gasteiger partial charge in [-0.1, -0.05) is 20.3 Å². The minimum Gasteiger partial charge on any atom is -0.374 e. The van der Waals surface area contributed by atoms with Crippen LogP contribution in [0.15, 0.2) is 0 Å². The zero-order valence-corrected chi connectivity index (χ0v) is 22.4. The second kappa shape index (κ2) is 9.82. The molecule has 1 N–H and O–H groups in total. The van der Waals surface area contributed by atoms with Crippen molar-refractivity contribution >= 4 is 0 Å². The molecule has 40 heavy (non-hydrogen) atoms. The molecule has 4 aliphatic rings. The summed E-state index contributed by atoms with van der Waals surface area (Å²) < 4.78 is 162. The van der Waals surface area contributed by atoms with E-state index in [9.17, 15) is 57.8 Å². The van der Waals surface area contributed by atoms with Crippen LogP contribution in [0.2, 0.25) is 0 Å². The van der Waals surface area contributed by atoms with E-state index in [-0.39, 0.29) is 61.2 Å². The maximum Gasteiger partial charge on any atom is 0.426 e. The summed E-state index contributed by atoms with van der Waals surface area (Å²) in [6.45, 7) is 3.91. The fraction of sp³-hybridized carbons (Fsp3) is 1.00. The Balaban J connectivity index is 1.49. The summed E-state index contributed by atoms with van der Waals surface area (Å²) in [4.78, 5) is 0. The molecular weight excluding hydrogens is 568 g/mol. The number of hydrogen-bond acceptors (Lipinski definition) is 1.